The van der Waals surface area contributed by atoms with Crippen molar-refractivity contribution in [3.05, 3.63) is 29.2 Å². The van der Waals surface area contributed by atoms with Gasteiger partial charge in [-0.2, -0.15) is 0 Å². The molecule has 0 radical (unpaired) electrons. The lowest BCUT2D eigenvalue weighted by molar-refractivity contribution is 0.588. The van der Waals surface area contributed by atoms with Crippen LogP contribution in [-0.2, 0) is 5.41 Å². The zero-order valence-corrected chi connectivity index (χ0v) is 8.13. The van der Waals surface area contributed by atoms with E-state index in [0.29, 0.717) is 11.5 Å². The molecule has 0 atom stereocenters. The molecule has 0 aliphatic rings. The average molecular weight is 175 g/mol. The monoisotopic (exact) mass is 175 g/mol. The lowest BCUT2D eigenvalue weighted by Crippen LogP contribution is -2.11. The van der Waals surface area contributed by atoms with Crippen LogP contribution in [0.5, 0.6) is 0 Å². The first-order chi connectivity index (χ1) is 5.95. The van der Waals surface area contributed by atoms with Crippen LogP contribution in [0.4, 0.5) is 11.5 Å². The zero-order chi connectivity index (χ0) is 10.1. The Morgan fingerprint density at radius 1 is 1.46 bits per heavy atom. The second kappa shape index (κ2) is 3.06. The molecule has 2 N–H and O–H groups in total. The second-order valence-corrected chi connectivity index (χ2v) is 3.99. The molecular formula is C10H13N3. The molecule has 1 rings (SSSR count). The quantitative estimate of drug-likeness (QED) is 0.616. The molecule has 13 heavy (non-hydrogen) atoms. The van der Waals surface area contributed by atoms with Crippen LogP contribution >= 0.6 is 0 Å². The molecule has 1 aromatic rings. The first-order valence-electron chi connectivity index (χ1n) is 4.08. The fraction of sp³-hybridized carbons (Fsp3) is 0.400. The van der Waals surface area contributed by atoms with E-state index in [1.165, 1.54) is 0 Å². The van der Waals surface area contributed by atoms with Gasteiger partial charge < -0.3 is 5.73 Å². The van der Waals surface area contributed by atoms with Gasteiger partial charge in [0.2, 0.25) is 5.69 Å². The summed E-state index contributed by atoms with van der Waals surface area (Å²) in [7, 11) is 0. The second-order valence-electron chi connectivity index (χ2n) is 3.99. The van der Waals surface area contributed by atoms with E-state index in [2.05, 4.69) is 30.6 Å². The van der Waals surface area contributed by atoms with Crippen LogP contribution in [0.25, 0.3) is 4.85 Å². The number of hydrogen-bond donors (Lipinski definition) is 1. The first kappa shape index (κ1) is 9.53. The minimum atomic E-state index is 0.0140. The standard InChI is InChI=1S/C10H13N3/c1-10(2,3)7-5-8(12-4)9(11)13-6-7/h5-6H,1-3H3,(H2,11,13). The van der Waals surface area contributed by atoms with Crippen molar-refractivity contribution in [3.8, 4) is 0 Å². The number of nitrogen functional groups attached to an aromatic ring is 1. The van der Waals surface area contributed by atoms with Crippen LogP contribution in [0.2, 0.25) is 0 Å². The van der Waals surface area contributed by atoms with E-state index in [-0.39, 0.29) is 5.41 Å². The summed E-state index contributed by atoms with van der Waals surface area (Å²) < 4.78 is 0. The summed E-state index contributed by atoms with van der Waals surface area (Å²) in [5, 5.41) is 0. The number of pyridine rings is 1. The third-order valence-electron chi connectivity index (χ3n) is 1.88. The summed E-state index contributed by atoms with van der Waals surface area (Å²) in [5.41, 5.74) is 7.00. The topological polar surface area (TPSA) is 43.3 Å². The molecule has 3 heteroatoms. The lowest BCUT2D eigenvalue weighted by Gasteiger charge is -2.18. The number of nitrogens with zero attached hydrogens (tertiary/aromatic N) is 2. The highest BCUT2D eigenvalue weighted by Gasteiger charge is 2.15. The summed E-state index contributed by atoms with van der Waals surface area (Å²) in [5.74, 6) is 0.308. The normalized spacial score (nSPS) is 10.9. The molecule has 0 amide bonds. The minimum Gasteiger partial charge on any atom is -0.392 e. The van der Waals surface area contributed by atoms with Crippen molar-refractivity contribution < 1.29 is 0 Å². The van der Waals surface area contributed by atoms with E-state index in [9.17, 15) is 0 Å². The molecule has 0 saturated carbocycles. The number of aromatic nitrogens is 1. The van der Waals surface area contributed by atoms with Gasteiger partial charge in [0.05, 0.1) is 6.57 Å². The zero-order valence-electron chi connectivity index (χ0n) is 8.13. The van der Waals surface area contributed by atoms with E-state index in [4.69, 9.17) is 12.3 Å². The van der Waals surface area contributed by atoms with E-state index in [1.807, 2.05) is 0 Å². The van der Waals surface area contributed by atoms with E-state index >= 15 is 0 Å². The molecule has 0 unspecified atom stereocenters. The maximum atomic E-state index is 6.89. The molecule has 0 saturated heterocycles. The van der Waals surface area contributed by atoms with E-state index in [0.717, 1.165) is 5.56 Å². The van der Waals surface area contributed by atoms with Gasteiger partial charge >= 0.3 is 0 Å². The molecule has 0 aromatic carbocycles. The first-order valence-corrected chi connectivity index (χ1v) is 4.08. The van der Waals surface area contributed by atoms with Gasteiger partial charge in [0.25, 0.3) is 0 Å². The van der Waals surface area contributed by atoms with Crippen LogP contribution < -0.4 is 5.73 Å². The Morgan fingerprint density at radius 3 is 2.54 bits per heavy atom. The maximum absolute atomic E-state index is 6.89. The molecule has 3 nitrogen and oxygen atoms in total. The highest BCUT2D eigenvalue weighted by Crippen LogP contribution is 2.28. The summed E-state index contributed by atoms with van der Waals surface area (Å²) in [6.45, 7) is 13.1. The van der Waals surface area contributed by atoms with Gasteiger partial charge in [-0.25, -0.2) is 4.85 Å². The van der Waals surface area contributed by atoms with Crippen LogP contribution in [0.3, 0.4) is 0 Å². The van der Waals surface area contributed by atoms with Gasteiger partial charge in [-0.05, 0) is 17.0 Å². The fourth-order valence-corrected chi connectivity index (χ4v) is 0.963. The molecule has 0 aliphatic carbocycles. The predicted octanol–water partition coefficient (Wildman–Crippen LogP) is 2.51. The number of rotatable bonds is 0. The molecule has 1 heterocycles. The molecular weight excluding hydrogens is 162 g/mol. The van der Waals surface area contributed by atoms with Crippen molar-refractivity contribution in [2.75, 3.05) is 5.73 Å². The summed E-state index contributed by atoms with van der Waals surface area (Å²) in [6, 6.07) is 1.80. The largest absolute Gasteiger partial charge is 0.392 e. The highest BCUT2D eigenvalue weighted by molar-refractivity contribution is 5.63. The van der Waals surface area contributed by atoms with Gasteiger partial charge in [0.1, 0.15) is 5.82 Å². The van der Waals surface area contributed by atoms with Gasteiger partial charge in [0.15, 0.2) is 0 Å². The lowest BCUT2D eigenvalue weighted by atomic mass is 9.88. The van der Waals surface area contributed by atoms with Crippen LogP contribution in [0.15, 0.2) is 12.3 Å². The molecule has 1 aromatic heterocycles. The summed E-state index contributed by atoms with van der Waals surface area (Å²) in [4.78, 5) is 7.29. The van der Waals surface area contributed by atoms with Crippen LogP contribution in [-0.4, -0.2) is 4.98 Å². The third kappa shape index (κ3) is 1.97. The van der Waals surface area contributed by atoms with E-state index in [1.54, 1.807) is 12.3 Å². The number of hydrogen-bond acceptors (Lipinski definition) is 2. The van der Waals surface area contributed by atoms with Gasteiger partial charge in [-0.15, -0.1) is 0 Å². The Bertz CT molecular complexity index is 355. The Kier molecular flexibility index (Phi) is 2.24. The molecule has 0 bridgehead atoms. The Hall–Kier alpha value is -1.56. The van der Waals surface area contributed by atoms with E-state index < -0.39 is 0 Å². The van der Waals surface area contributed by atoms with Crippen molar-refractivity contribution in [1.29, 1.82) is 0 Å². The van der Waals surface area contributed by atoms with Gasteiger partial charge in [-0.1, -0.05) is 20.8 Å². The molecule has 68 valence electrons. The number of nitrogens with two attached hydrogens (primary N) is 1. The minimum absolute atomic E-state index is 0.0140. The van der Waals surface area contributed by atoms with Crippen molar-refractivity contribution in [2.45, 2.75) is 26.2 Å². The number of anilines is 1. The van der Waals surface area contributed by atoms with Gasteiger partial charge in [0, 0.05) is 6.20 Å². The van der Waals surface area contributed by atoms with Crippen LogP contribution in [0, 0.1) is 6.57 Å². The molecule has 0 fully saturated rings. The summed E-state index contributed by atoms with van der Waals surface area (Å²) >= 11 is 0. The van der Waals surface area contributed by atoms with Crippen molar-refractivity contribution in [1.82, 2.24) is 4.98 Å². The fourth-order valence-electron chi connectivity index (χ4n) is 0.963. The Balaban J connectivity index is 3.24. The Morgan fingerprint density at radius 2 is 2.08 bits per heavy atom. The highest BCUT2D eigenvalue weighted by atomic mass is 14.9. The van der Waals surface area contributed by atoms with Crippen molar-refractivity contribution in [2.24, 2.45) is 0 Å². The SMILES string of the molecule is [C-]#[N+]c1cc(C(C)(C)C)cnc1N. The predicted molar refractivity (Wildman–Crippen MR) is 53.6 cm³/mol. The Labute approximate surface area is 78.4 Å². The van der Waals surface area contributed by atoms with Crippen LogP contribution in [0.1, 0.15) is 26.3 Å². The van der Waals surface area contributed by atoms with Gasteiger partial charge in [-0.3, -0.25) is 4.98 Å². The maximum Gasteiger partial charge on any atom is 0.228 e. The molecule has 0 aliphatic heterocycles. The third-order valence-corrected chi connectivity index (χ3v) is 1.88. The summed E-state index contributed by atoms with van der Waals surface area (Å²) in [6.07, 6.45) is 1.73. The van der Waals surface area contributed by atoms with Crippen molar-refractivity contribution >= 4 is 11.5 Å². The average Bonchev–Trinajstić information content (AvgIpc) is 2.03. The van der Waals surface area contributed by atoms with Crippen molar-refractivity contribution in [3.63, 3.8) is 0 Å². The smallest absolute Gasteiger partial charge is 0.228 e. The molecule has 0 spiro atoms.